The van der Waals surface area contributed by atoms with Gasteiger partial charge in [0.15, 0.2) is 11.6 Å². The fourth-order valence-corrected chi connectivity index (χ4v) is 2.49. The van der Waals surface area contributed by atoms with E-state index >= 15 is 0 Å². The zero-order chi connectivity index (χ0) is 19.6. The number of hydrogen-bond acceptors (Lipinski definition) is 5. The maximum atomic E-state index is 12.9. The molecule has 9 heteroatoms. The molecular formula is C18H15ClF3N5. The lowest BCUT2D eigenvalue weighted by molar-refractivity contribution is -0.137. The van der Waals surface area contributed by atoms with E-state index in [1.54, 1.807) is 6.07 Å². The fraction of sp³-hybridized carbons (Fsp3) is 0.111. The highest BCUT2D eigenvalue weighted by Crippen LogP contribution is 2.33. The highest BCUT2D eigenvalue weighted by molar-refractivity contribution is 6.31. The Kier molecular flexibility index (Phi) is 5.09. The van der Waals surface area contributed by atoms with Gasteiger partial charge in [-0.3, -0.25) is 0 Å². The number of anilines is 5. The average molecular weight is 394 g/mol. The smallest absolute Gasteiger partial charge is 0.393 e. The predicted molar refractivity (Wildman–Crippen MR) is 101 cm³/mol. The quantitative estimate of drug-likeness (QED) is 0.543. The van der Waals surface area contributed by atoms with Crippen LogP contribution in [0.25, 0.3) is 0 Å². The minimum Gasteiger partial charge on any atom is -0.393 e. The van der Waals surface area contributed by atoms with Crippen LogP contribution in [-0.2, 0) is 6.18 Å². The molecule has 0 bridgehead atoms. The van der Waals surface area contributed by atoms with Gasteiger partial charge in [-0.25, -0.2) is 9.97 Å². The standard InChI is InChI=1S/C18H15ClF3N5/c1-10-5-6-13(8-14(10)19)27-17-15(23)16(24-9-25-17)26-12-4-2-3-11(7-12)18(20,21)22/h2-9H,23H2,1H3,(H2,24,25,26,27). The number of aromatic nitrogens is 2. The Bertz CT molecular complexity index is 975. The molecule has 0 atom stereocenters. The van der Waals surface area contributed by atoms with Crippen molar-refractivity contribution < 1.29 is 13.2 Å². The number of rotatable bonds is 4. The molecule has 0 saturated heterocycles. The van der Waals surface area contributed by atoms with Crippen molar-refractivity contribution >= 4 is 40.3 Å². The molecule has 4 N–H and O–H groups in total. The van der Waals surface area contributed by atoms with Gasteiger partial charge in [-0.2, -0.15) is 13.2 Å². The zero-order valence-corrected chi connectivity index (χ0v) is 14.9. The molecule has 0 fully saturated rings. The van der Waals surface area contributed by atoms with E-state index in [4.69, 9.17) is 17.3 Å². The van der Waals surface area contributed by atoms with Crippen LogP contribution in [0.15, 0.2) is 48.8 Å². The Hall–Kier alpha value is -3.00. The van der Waals surface area contributed by atoms with Gasteiger partial charge in [-0.05, 0) is 42.8 Å². The summed E-state index contributed by atoms with van der Waals surface area (Å²) >= 11 is 6.10. The van der Waals surface area contributed by atoms with Crippen LogP contribution in [0.2, 0.25) is 5.02 Å². The molecule has 27 heavy (non-hydrogen) atoms. The summed E-state index contributed by atoms with van der Waals surface area (Å²) in [4.78, 5) is 8.08. The third-order valence-electron chi connectivity index (χ3n) is 3.77. The van der Waals surface area contributed by atoms with Gasteiger partial charge >= 0.3 is 6.18 Å². The molecular weight excluding hydrogens is 379 g/mol. The monoisotopic (exact) mass is 393 g/mol. The zero-order valence-electron chi connectivity index (χ0n) is 14.1. The number of halogens is 4. The van der Waals surface area contributed by atoms with E-state index in [2.05, 4.69) is 20.6 Å². The molecule has 0 aliphatic heterocycles. The molecule has 1 aromatic heterocycles. The fourth-order valence-electron chi connectivity index (χ4n) is 2.31. The summed E-state index contributed by atoms with van der Waals surface area (Å²) in [5, 5.41) is 6.39. The van der Waals surface area contributed by atoms with Crippen molar-refractivity contribution in [1.29, 1.82) is 0 Å². The molecule has 5 nitrogen and oxygen atoms in total. The van der Waals surface area contributed by atoms with Gasteiger partial charge in [0.2, 0.25) is 0 Å². The Morgan fingerprint density at radius 2 is 1.59 bits per heavy atom. The topological polar surface area (TPSA) is 75.9 Å². The molecule has 1 heterocycles. The lowest BCUT2D eigenvalue weighted by Gasteiger charge is -2.14. The number of nitrogens with one attached hydrogen (secondary N) is 2. The van der Waals surface area contributed by atoms with Gasteiger partial charge in [0.25, 0.3) is 0 Å². The van der Waals surface area contributed by atoms with Crippen LogP contribution in [0.3, 0.4) is 0 Å². The van der Waals surface area contributed by atoms with Crippen LogP contribution in [0.4, 0.5) is 41.9 Å². The average Bonchev–Trinajstić information content (AvgIpc) is 2.61. The third kappa shape index (κ3) is 4.40. The molecule has 3 aromatic rings. The van der Waals surface area contributed by atoms with Crippen LogP contribution in [0, 0.1) is 6.92 Å². The second-order valence-corrected chi connectivity index (χ2v) is 6.18. The van der Waals surface area contributed by atoms with Crippen molar-refractivity contribution in [2.45, 2.75) is 13.1 Å². The van der Waals surface area contributed by atoms with E-state index in [-0.39, 0.29) is 17.2 Å². The predicted octanol–water partition coefficient (Wildman–Crippen LogP) is 5.53. The molecule has 0 aliphatic rings. The maximum absolute atomic E-state index is 12.9. The van der Waals surface area contributed by atoms with Crippen LogP contribution in [0.1, 0.15) is 11.1 Å². The van der Waals surface area contributed by atoms with E-state index in [1.807, 2.05) is 19.1 Å². The lowest BCUT2D eigenvalue weighted by Crippen LogP contribution is -2.07. The van der Waals surface area contributed by atoms with Crippen LogP contribution in [0.5, 0.6) is 0 Å². The lowest BCUT2D eigenvalue weighted by atomic mass is 10.2. The molecule has 0 aliphatic carbocycles. The number of nitrogens with zero attached hydrogens (tertiary/aromatic N) is 2. The van der Waals surface area contributed by atoms with Gasteiger partial charge in [0, 0.05) is 16.4 Å². The van der Waals surface area contributed by atoms with Gasteiger partial charge in [0.1, 0.15) is 12.0 Å². The Morgan fingerprint density at radius 1 is 0.963 bits per heavy atom. The van der Waals surface area contributed by atoms with Crippen LogP contribution >= 0.6 is 11.6 Å². The third-order valence-corrected chi connectivity index (χ3v) is 4.18. The van der Waals surface area contributed by atoms with Crippen molar-refractivity contribution in [2.75, 3.05) is 16.4 Å². The second-order valence-electron chi connectivity index (χ2n) is 5.78. The SMILES string of the molecule is Cc1ccc(Nc2ncnc(Nc3cccc(C(F)(F)F)c3)c2N)cc1Cl. The maximum Gasteiger partial charge on any atom is 0.416 e. The number of alkyl halides is 3. The van der Waals surface area contributed by atoms with Crippen molar-refractivity contribution in [3.63, 3.8) is 0 Å². The highest BCUT2D eigenvalue weighted by atomic mass is 35.5. The number of aryl methyl sites for hydroxylation is 1. The van der Waals surface area contributed by atoms with Crippen molar-refractivity contribution in [2.24, 2.45) is 0 Å². The normalized spacial score (nSPS) is 11.3. The molecule has 0 radical (unpaired) electrons. The van der Waals surface area contributed by atoms with Gasteiger partial charge in [-0.15, -0.1) is 0 Å². The van der Waals surface area contributed by atoms with Gasteiger partial charge < -0.3 is 16.4 Å². The van der Waals surface area contributed by atoms with Crippen molar-refractivity contribution in [3.8, 4) is 0 Å². The Labute approximate surface area is 158 Å². The van der Waals surface area contributed by atoms with E-state index in [0.29, 0.717) is 16.5 Å². The summed E-state index contributed by atoms with van der Waals surface area (Å²) in [6.45, 7) is 1.88. The number of hydrogen-bond donors (Lipinski definition) is 3. The van der Waals surface area contributed by atoms with E-state index in [0.717, 1.165) is 17.7 Å². The van der Waals surface area contributed by atoms with E-state index in [9.17, 15) is 13.2 Å². The molecule has 2 aromatic carbocycles. The first-order valence-corrected chi connectivity index (χ1v) is 8.20. The molecule has 140 valence electrons. The highest BCUT2D eigenvalue weighted by Gasteiger charge is 2.30. The number of nitrogen functional groups attached to an aromatic ring is 1. The van der Waals surface area contributed by atoms with E-state index < -0.39 is 11.7 Å². The van der Waals surface area contributed by atoms with Crippen molar-refractivity contribution in [1.82, 2.24) is 9.97 Å². The summed E-state index contributed by atoms with van der Waals surface area (Å²) in [5.41, 5.74) is 7.25. The first kappa shape index (κ1) is 18.8. The Balaban J connectivity index is 1.86. The number of nitrogens with two attached hydrogens (primary N) is 1. The molecule has 0 spiro atoms. The minimum absolute atomic E-state index is 0.159. The molecule has 0 unspecified atom stereocenters. The van der Waals surface area contributed by atoms with E-state index in [1.165, 1.54) is 18.5 Å². The summed E-state index contributed by atoms with van der Waals surface area (Å²) in [6.07, 6.45) is -3.18. The van der Waals surface area contributed by atoms with Crippen LogP contribution < -0.4 is 16.4 Å². The summed E-state index contributed by atoms with van der Waals surface area (Å²) in [6, 6.07) is 10.1. The minimum atomic E-state index is -4.44. The van der Waals surface area contributed by atoms with Crippen LogP contribution in [-0.4, -0.2) is 9.97 Å². The number of benzene rings is 2. The van der Waals surface area contributed by atoms with Crippen molar-refractivity contribution in [3.05, 3.63) is 64.9 Å². The molecule has 3 rings (SSSR count). The Morgan fingerprint density at radius 3 is 2.19 bits per heavy atom. The summed E-state index contributed by atoms with van der Waals surface area (Å²) < 4.78 is 38.6. The summed E-state index contributed by atoms with van der Waals surface area (Å²) in [7, 11) is 0. The molecule has 0 amide bonds. The first-order valence-electron chi connectivity index (χ1n) is 7.82. The van der Waals surface area contributed by atoms with Gasteiger partial charge in [-0.1, -0.05) is 23.7 Å². The largest absolute Gasteiger partial charge is 0.416 e. The summed E-state index contributed by atoms with van der Waals surface area (Å²) in [5.74, 6) is 0.490. The second kappa shape index (κ2) is 7.32. The van der Waals surface area contributed by atoms with Gasteiger partial charge in [0.05, 0.1) is 5.56 Å². The molecule has 0 saturated carbocycles. The first-order chi connectivity index (χ1) is 12.7.